The number of rotatable bonds is 9. The van der Waals surface area contributed by atoms with Gasteiger partial charge in [-0.3, -0.25) is 0 Å². The van der Waals surface area contributed by atoms with Gasteiger partial charge in [0, 0.05) is 19.7 Å². The van der Waals surface area contributed by atoms with Gasteiger partial charge in [-0.05, 0) is 18.6 Å². The van der Waals surface area contributed by atoms with Crippen molar-refractivity contribution in [3.8, 4) is 0 Å². The molecule has 1 rings (SSSR count). The second-order valence-electron chi connectivity index (χ2n) is 4.67. The lowest BCUT2D eigenvalue weighted by atomic mass is 9.99. The molecule has 1 heterocycles. The maximum atomic E-state index is 4.49. The Morgan fingerprint density at radius 2 is 2.00 bits per heavy atom. The highest BCUT2D eigenvalue weighted by Gasteiger charge is 2.07. The van der Waals surface area contributed by atoms with Crippen LogP contribution in [0.15, 0.2) is 11.2 Å². The third-order valence-corrected chi connectivity index (χ3v) is 3.81. The van der Waals surface area contributed by atoms with E-state index in [0.29, 0.717) is 0 Å². The van der Waals surface area contributed by atoms with Crippen molar-refractivity contribution in [2.24, 2.45) is 5.92 Å². The summed E-state index contributed by atoms with van der Waals surface area (Å²) in [6.07, 6.45) is 7.08. The monoisotopic (exact) mass is 282 g/mol. The van der Waals surface area contributed by atoms with E-state index >= 15 is 0 Å². The van der Waals surface area contributed by atoms with Crippen molar-refractivity contribution in [2.45, 2.75) is 44.7 Å². The highest BCUT2D eigenvalue weighted by molar-refractivity contribution is 7.98. The molecule has 0 aliphatic rings. The summed E-state index contributed by atoms with van der Waals surface area (Å²) in [6.45, 7) is 5.49. The zero-order valence-electron chi connectivity index (χ0n) is 12.5. The Morgan fingerprint density at radius 3 is 2.58 bits per heavy atom. The normalized spacial score (nSPS) is 12.2. The van der Waals surface area contributed by atoms with Crippen LogP contribution in [0.1, 0.15) is 39.5 Å². The van der Waals surface area contributed by atoms with Crippen LogP contribution >= 0.6 is 11.8 Å². The highest BCUT2D eigenvalue weighted by Crippen LogP contribution is 2.18. The van der Waals surface area contributed by atoms with Crippen molar-refractivity contribution in [2.75, 3.05) is 30.5 Å². The fraction of sp³-hybridized carbons (Fsp3) is 0.714. The van der Waals surface area contributed by atoms with Gasteiger partial charge in [0.1, 0.15) is 11.6 Å². The van der Waals surface area contributed by atoms with Crippen LogP contribution in [0.3, 0.4) is 0 Å². The molecule has 4 nitrogen and oxygen atoms in total. The van der Waals surface area contributed by atoms with Crippen LogP contribution in [0.4, 0.5) is 11.6 Å². The molecular weight excluding hydrogens is 256 g/mol. The van der Waals surface area contributed by atoms with E-state index in [0.717, 1.165) is 29.3 Å². The molecule has 0 saturated heterocycles. The standard InChI is InChI=1S/C14H26N4S/c1-5-7-8-11(6-2)10-16-13-9-12(15-3)17-14(18-13)19-4/h9,11H,5-8,10H2,1-4H3,(H2,15,16,17,18). The molecule has 0 aliphatic carbocycles. The minimum atomic E-state index is 0.727. The first-order chi connectivity index (χ1) is 9.23. The molecule has 5 heteroatoms. The molecule has 2 N–H and O–H groups in total. The first-order valence-corrected chi connectivity index (χ1v) is 8.30. The van der Waals surface area contributed by atoms with E-state index in [1.165, 1.54) is 25.7 Å². The summed E-state index contributed by atoms with van der Waals surface area (Å²) in [7, 11) is 1.88. The topological polar surface area (TPSA) is 49.8 Å². The summed E-state index contributed by atoms with van der Waals surface area (Å²) >= 11 is 1.56. The molecule has 0 saturated carbocycles. The second kappa shape index (κ2) is 9.02. The number of thioether (sulfide) groups is 1. The van der Waals surface area contributed by atoms with Gasteiger partial charge in [-0.1, -0.05) is 44.9 Å². The average Bonchev–Trinajstić information content (AvgIpc) is 2.47. The van der Waals surface area contributed by atoms with Crippen LogP contribution in [0.25, 0.3) is 0 Å². The molecule has 0 amide bonds. The molecule has 0 aliphatic heterocycles. The number of nitrogens with zero attached hydrogens (tertiary/aromatic N) is 2. The Morgan fingerprint density at radius 1 is 1.26 bits per heavy atom. The van der Waals surface area contributed by atoms with Crippen LogP contribution in [0, 0.1) is 5.92 Å². The SMILES string of the molecule is CCCCC(CC)CNc1cc(NC)nc(SC)n1. The lowest BCUT2D eigenvalue weighted by molar-refractivity contribution is 0.472. The van der Waals surface area contributed by atoms with Crippen molar-refractivity contribution < 1.29 is 0 Å². The molecule has 0 aromatic carbocycles. The van der Waals surface area contributed by atoms with E-state index < -0.39 is 0 Å². The van der Waals surface area contributed by atoms with Crippen molar-refractivity contribution in [1.82, 2.24) is 9.97 Å². The van der Waals surface area contributed by atoms with Gasteiger partial charge in [0.15, 0.2) is 5.16 Å². The number of hydrogen-bond acceptors (Lipinski definition) is 5. The van der Waals surface area contributed by atoms with Gasteiger partial charge in [-0.15, -0.1) is 0 Å². The van der Waals surface area contributed by atoms with Crippen LogP contribution in [-0.4, -0.2) is 29.8 Å². The summed E-state index contributed by atoms with van der Waals surface area (Å²) in [5.74, 6) is 2.51. The molecule has 0 fully saturated rings. The van der Waals surface area contributed by atoms with E-state index in [9.17, 15) is 0 Å². The molecule has 1 unspecified atom stereocenters. The number of aromatic nitrogens is 2. The van der Waals surface area contributed by atoms with E-state index in [4.69, 9.17) is 0 Å². The summed E-state index contributed by atoms with van der Waals surface area (Å²) in [5, 5.41) is 7.32. The third-order valence-electron chi connectivity index (χ3n) is 3.26. The third kappa shape index (κ3) is 5.68. The average molecular weight is 282 g/mol. The molecule has 19 heavy (non-hydrogen) atoms. The highest BCUT2D eigenvalue weighted by atomic mass is 32.2. The van der Waals surface area contributed by atoms with E-state index in [-0.39, 0.29) is 0 Å². The zero-order chi connectivity index (χ0) is 14.1. The van der Waals surface area contributed by atoms with Gasteiger partial charge in [0.25, 0.3) is 0 Å². The summed E-state index contributed by atoms with van der Waals surface area (Å²) in [5.41, 5.74) is 0. The molecule has 108 valence electrons. The Labute approximate surface area is 121 Å². The van der Waals surface area contributed by atoms with Gasteiger partial charge in [-0.2, -0.15) is 0 Å². The molecule has 1 aromatic rings. The zero-order valence-corrected chi connectivity index (χ0v) is 13.3. The Hall–Kier alpha value is -0.970. The molecule has 0 bridgehead atoms. The summed E-state index contributed by atoms with van der Waals surface area (Å²) in [4.78, 5) is 8.86. The number of nitrogens with one attached hydrogen (secondary N) is 2. The Bertz CT molecular complexity index is 348. The minimum Gasteiger partial charge on any atom is -0.373 e. The van der Waals surface area contributed by atoms with Gasteiger partial charge in [0.05, 0.1) is 0 Å². The van der Waals surface area contributed by atoms with Crippen LogP contribution < -0.4 is 10.6 Å². The summed E-state index contributed by atoms with van der Waals surface area (Å²) in [6, 6.07) is 1.96. The van der Waals surface area contributed by atoms with Gasteiger partial charge in [-0.25, -0.2) is 9.97 Å². The Kier molecular flexibility index (Phi) is 7.63. The van der Waals surface area contributed by atoms with Crippen LogP contribution in [0.2, 0.25) is 0 Å². The summed E-state index contributed by atoms with van der Waals surface area (Å²) < 4.78 is 0. The Balaban J connectivity index is 2.60. The lowest BCUT2D eigenvalue weighted by Crippen LogP contribution is -2.15. The van der Waals surface area contributed by atoms with Gasteiger partial charge < -0.3 is 10.6 Å². The van der Waals surface area contributed by atoms with Crippen molar-refractivity contribution >= 4 is 23.4 Å². The molecule has 1 aromatic heterocycles. The number of unbranched alkanes of at least 4 members (excludes halogenated alkanes) is 1. The van der Waals surface area contributed by atoms with Gasteiger partial charge >= 0.3 is 0 Å². The fourth-order valence-electron chi connectivity index (χ4n) is 1.93. The van der Waals surface area contributed by atoms with Crippen LogP contribution in [0.5, 0.6) is 0 Å². The number of anilines is 2. The first kappa shape index (κ1) is 16.1. The largest absolute Gasteiger partial charge is 0.373 e. The predicted molar refractivity (Wildman–Crippen MR) is 85.2 cm³/mol. The number of hydrogen-bond donors (Lipinski definition) is 2. The molecule has 0 spiro atoms. The lowest BCUT2D eigenvalue weighted by Gasteiger charge is -2.16. The van der Waals surface area contributed by atoms with E-state index in [1.807, 2.05) is 19.4 Å². The maximum absolute atomic E-state index is 4.49. The first-order valence-electron chi connectivity index (χ1n) is 7.08. The maximum Gasteiger partial charge on any atom is 0.191 e. The quantitative estimate of drug-likeness (QED) is 0.532. The second-order valence-corrected chi connectivity index (χ2v) is 5.45. The van der Waals surface area contributed by atoms with E-state index in [2.05, 4.69) is 34.4 Å². The smallest absolute Gasteiger partial charge is 0.191 e. The molecule has 0 radical (unpaired) electrons. The van der Waals surface area contributed by atoms with Gasteiger partial charge in [0.2, 0.25) is 0 Å². The van der Waals surface area contributed by atoms with Crippen LogP contribution in [-0.2, 0) is 0 Å². The predicted octanol–water partition coefficient (Wildman–Crippen LogP) is 3.87. The van der Waals surface area contributed by atoms with E-state index in [1.54, 1.807) is 11.8 Å². The molecular formula is C14H26N4S. The minimum absolute atomic E-state index is 0.727. The molecule has 1 atom stereocenters. The van der Waals surface area contributed by atoms with Crippen molar-refractivity contribution in [1.29, 1.82) is 0 Å². The van der Waals surface area contributed by atoms with Crippen molar-refractivity contribution in [3.05, 3.63) is 6.07 Å². The van der Waals surface area contributed by atoms with Crippen molar-refractivity contribution in [3.63, 3.8) is 0 Å². The fourth-order valence-corrected chi connectivity index (χ4v) is 2.31.